The van der Waals surface area contributed by atoms with Crippen molar-refractivity contribution in [3.05, 3.63) is 5.01 Å². The molecule has 0 spiro atoms. The highest BCUT2D eigenvalue weighted by Gasteiger charge is 2.34. The molecular weight excluding hydrogens is 312 g/mol. The summed E-state index contributed by atoms with van der Waals surface area (Å²) in [5.41, 5.74) is 0. The fourth-order valence-corrected chi connectivity index (χ4v) is 3.44. The predicted octanol–water partition coefficient (Wildman–Crippen LogP) is 2.86. The summed E-state index contributed by atoms with van der Waals surface area (Å²) < 4.78 is 0. The smallest absolute Gasteiger partial charge is 0.231 e. The average molecular weight is 338 g/mol. The number of anilines is 1. The maximum absolute atomic E-state index is 12.3. The van der Waals surface area contributed by atoms with E-state index in [9.17, 15) is 9.59 Å². The van der Waals surface area contributed by atoms with Crippen LogP contribution in [-0.4, -0.2) is 40.0 Å². The number of nitrogens with one attached hydrogen (secondary N) is 1. The van der Waals surface area contributed by atoms with Gasteiger partial charge in [0.15, 0.2) is 0 Å². The molecule has 1 N–H and O–H groups in total. The van der Waals surface area contributed by atoms with Gasteiger partial charge in [-0.25, -0.2) is 0 Å². The van der Waals surface area contributed by atoms with Gasteiger partial charge in [0.1, 0.15) is 5.01 Å². The second-order valence-corrected chi connectivity index (χ2v) is 7.10. The lowest BCUT2D eigenvalue weighted by molar-refractivity contribution is -0.128. The number of nitrogens with zero attached hydrogens (tertiary/aromatic N) is 3. The molecule has 1 aromatic rings. The van der Waals surface area contributed by atoms with Gasteiger partial charge in [0.2, 0.25) is 16.9 Å². The lowest BCUT2D eigenvalue weighted by Gasteiger charge is -2.15. The molecule has 6 nitrogen and oxygen atoms in total. The molecule has 23 heavy (non-hydrogen) atoms. The second-order valence-electron chi connectivity index (χ2n) is 6.04. The summed E-state index contributed by atoms with van der Waals surface area (Å²) in [6.45, 7) is 5.53. The average Bonchev–Trinajstić information content (AvgIpc) is 3.12. The van der Waals surface area contributed by atoms with Gasteiger partial charge < -0.3 is 10.2 Å². The predicted molar refractivity (Wildman–Crippen MR) is 91.4 cm³/mol. The van der Waals surface area contributed by atoms with Crippen LogP contribution in [0.3, 0.4) is 0 Å². The number of hydrogen-bond donors (Lipinski definition) is 1. The Morgan fingerprint density at radius 1 is 1.26 bits per heavy atom. The topological polar surface area (TPSA) is 75.2 Å². The first kappa shape index (κ1) is 17.8. The Morgan fingerprint density at radius 2 is 2.04 bits per heavy atom. The molecule has 0 saturated carbocycles. The third-order valence-electron chi connectivity index (χ3n) is 4.06. The van der Waals surface area contributed by atoms with Crippen LogP contribution in [-0.2, 0) is 16.0 Å². The zero-order valence-electron chi connectivity index (χ0n) is 14.0. The first-order chi connectivity index (χ1) is 11.1. The SMILES string of the molecule is CCCCCc1nnc(NC(=O)C2CC(=O)N(CCCC)C2)s1. The number of carbonyl (C=O) groups is 2. The lowest BCUT2D eigenvalue weighted by Crippen LogP contribution is -2.29. The maximum atomic E-state index is 12.3. The summed E-state index contributed by atoms with van der Waals surface area (Å²) in [6.07, 6.45) is 6.70. The van der Waals surface area contributed by atoms with Crippen LogP contribution in [0.2, 0.25) is 0 Å². The zero-order valence-corrected chi connectivity index (χ0v) is 14.8. The molecular formula is C16H26N4O2S. The standard InChI is InChI=1S/C16H26N4O2S/c1-3-5-7-8-13-18-19-16(23-13)17-15(22)12-10-14(21)20(11-12)9-6-4-2/h12H,3-11H2,1-2H3,(H,17,19,22). The van der Waals surface area contributed by atoms with Crippen LogP contribution < -0.4 is 5.32 Å². The molecule has 1 fully saturated rings. The van der Waals surface area contributed by atoms with E-state index in [-0.39, 0.29) is 17.7 Å². The molecule has 1 unspecified atom stereocenters. The Morgan fingerprint density at radius 3 is 2.78 bits per heavy atom. The van der Waals surface area contributed by atoms with Gasteiger partial charge in [0, 0.05) is 25.9 Å². The first-order valence-electron chi connectivity index (χ1n) is 8.55. The van der Waals surface area contributed by atoms with Crippen molar-refractivity contribution in [3.8, 4) is 0 Å². The Labute approximate surface area is 141 Å². The van der Waals surface area contributed by atoms with E-state index in [4.69, 9.17) is 0 Å². The van der Waals surface area contributed by atoms with Crippen molar-refractivity contribution < 1.29 is 9.59 Å². The molecule has 7 heteroatoms. The molecule has 0 radical (unpaired) electrons. The highest BCUT2D eigenvalue weighted by atomic mass is 32.1. The summed E-state index contributed by atoms with van der Waals surface area (Å²) >= 11 is 1.43. The van der Waals surface area contributed by atoms with Gasteiger partial charge in [-0.15, -0.1) is 10.2 Å². The van der Waals surface area contributed by atoms with Crippen molar-refractivity contribution in [1.29, 1.82) is 0 Å². The van der Waals surface area contributed by atoms with Crippen LogP contribution in [0, 0.1) is 5.92 Å². The molecule has 1 aromatic heterocycles. The van der Waals surface area contributed by atoms with Crippen molar-refractivity contribution in [3.63, 3.8) is 0 Å². The van der Waals surface area contributed by atoms with Gasteiger partial charge in [-0.1, -0.05) is 44.4 Å². The van der Waals surface area contributed by atoms with E-state index >= 15 is 0 Å². The molecule has 1 aliphatic heterocycles. The van der Waals surface area contributed by atoms with Crippen LogP contribution in [0.1, 0.15) is 57.4 Å². The highest BCUT2D eigenvalue weighted by molar-refractivity contribution is 7.15. The number of aryl methyl sites for hydroxylation is 1. The van der Waals surface area contributed by atoms with E-state index in [1.807, 2.05) is 0 Å². The minimum atomic E-state index is -0.271. The Bertz CT molecular complexity index is 532. The van der Waals surface area contributed by atoms with E-state index in [0.29, 0.717) is 18.1 Å². The zero-order chi connectivity index (χ0) is 16.7. The Hall–Kier alpha value is -1.50. The quantitative estimate of drug-likeness (QED) is 0.703. The van der Waals surface area contributed by atoms with Gasteiger partial charge in [0.05, 0.1) is 5.92 Å². The molecule has 0 bridgehead atoms. The molecule has 128 valence electrons. The second kappa shape index (κ2) is 8.96. The van der Waals surface area contributed by atoms with Crippen molar-refractivity contribution >= 4 is 28.3 Å². The van der Waals surface area contributed by atoms with Crippen LogP contribution >= 0.6 is 11.3 Å². The number of amides is 2. The third kappa shape index (κ3) is 5.27. The van der Waals surface area contributed by atoms with Crippen LogP contribution in [0.4, 0.5) is 5.13 Å². The number of aromatic nitrogens is 2. The third-order valence-corrected chi connectivity index (χ3v) is 4.96. The van der Waals surface area contributed by atoms with Gasteiger partial charge in [0.25, 0.3) is 0 Å². The van der Waals surface area contributed by atoms with Gasteiger partial charge in [-0.05, 0) is 12.8 Å². The van der Waals surface area contributed by atoms with Crippen LogP contribution in [0.15, 0.2) is 0 Å². The first-order valence-corrected chi connectivity index (χ1v) is 9.36. The molecule has 2 amide bonds. The number of rotatable bonds is 9. The van der Waals surface area contributed by atoms with E-state index in [1.54, 1.807) is 4.90 Å². The van der Waals surface area contributed by atoms with E-state index in [2.05, 4.69) is 29.4 Å². The lowest BCUT2D eigenvalue weighted by atomic mass is 10.1. The Kier molecular flexibility index (Phi) is 6.95. The maximum Gasteiger partial charge on any atom is 0.231 e. The van der Waals surface area contributed by atoms with Crippen molar-refractivity contribution in [2.75, 3.05) is 18.4 Å². The van der Waals surface area contributed by atoms with Crippen molar-refractivity contribution in [1.82, 2.24) is 15.1 Å². The number of likely N-dealkylation sites (tertiary alicyclic amines) is 1. The Balaban J connectivity index is 1.81. The van der Waals surface area contributed by atoms with E-state index < -0.39 is 0 Å². The van der Waals surface area contributed by atoms with Gasteiger partial charge in [-0.3, -0.25) is 9.59 Å². The van der Waals surface area contributed by atoms with Crippen LogP contribution in [0.5, 0.6) is 0 Å². The molecule has 1 aliphatic rings. The summed E-state index contributed by atoms with van der Waals surface area (Å²) in [4.78, 5) is 26.0. The van der Waals surface area contributed by atoms with E-state index in [1.165, 1.54) is 24.2 Å². The minimum absolute atomic E-state index is 0.0797. The fourth-order valence-electron chi connectivity index (χ4n) is 2.65. The summed E-state index contributed by atoms with van der Waals surface area (Å²) in [7, 11) is 0. The van der Waals surface area contributed by atoms with E-state index in [0.717, 1.165) is 37.2 Å². The molecule has 2 rings (SSSR count). The molecule has 0 aromatic carbocycles. The fraction of sp³-hybridized carbons (Fsp3) is 0.750. The normalized spacial score (nSPS) is 17.7. The minimum Gasteiger partial charge on any atom is -0.342 e. The largest absolute Gasteiger partial charge is 0.342 e. The van der Waals surface area contributed by atoms with Gasteiger partial charge in [-0.2, -0.15) is 0 Å². The monoisotopic (exact) mass is 338 g/mol. The molecule has 1 atom stereocenters. The van der Waals surface area contributed by atoms with Crippen molar-refractivity contribution in [2.45, 2.75) is 58.8 Å². The highest BCUT2D eigenvalue weighted by Crippen LogP contribution is 2.22. The summed E-state index contributed by atoms with van der Waals surface area (Å²) in [5.74, 6) is -0.309. The van der Waals surface area contributed by atoms with Crippen molar-refractivity contribution in [2.24, 2.45) is 5.92 Å². The summed E-state index contributed by atoms with van der Waals surface area (Å²) in [5, 5.41) is 12.5. The number of carbonyl (C=O) groups excluding carboxylic acids is 2. The van der Waals surface area contributed by atoms with Crippen LogP contribution in [0.25, 0.3) is 0 Å². The summed E-state index contributed by atoms with van der Waals surface area (Å²) in [6, 6.07) is 0. The molecule has 1 saturated heterocycles. The van der Waals surface area contributed by atoms with Gasteiger partial charge >= 0.3 is 0 Å². The molecule has 2 heterocycles. The molecule has 0 aliphatic carbocycles. The number of hydrogen-bond acceptors (Lipinski definition) is 5. The number of unbranched alkanes of at least 4 members (excludes halogenated alkanes) is 3.